The van der Waals surface area contributed by atoms with Gasteiger partial charge in [-0.15, -0.1) is 0 Å². The van der Waals surface area contributed by atoms with Crippen LogP contribution in [0.25, 0.3) is 0 Å². The van der Waals surface area contributed by atoms with E-state index in [9.17, 15) is 4.79 Å². The molecule has 2 rings (SSSR count). The van der Waals surface area contributed by atoms with Crippen LogP contribution in [-0.2, 0) is 12.8 Å². The van der Waals surface area contributed by atoms with E-state index in [0.717, 1.165) is 24.1 Å². The van der Waals surface area contributed by atoms with E-state index in [4.69, 9.17) is 5.73 Å². The van der Waals surface area contributed by atoms with Gasteiger partial charge in [-0.2, -0.15) is 0 Å². The molecule has 0 fully saturated rings. The molecule has 1 heterocycles. The quantitative estimate of drug-likeness (QED) is 0.724. The number of H-pyrrole nitrogens is 1. The van der Waals surface area contributed by atoms with E-state index < -0.39 is 6.04 Å². The predicted octanol–water partition coefficient (Wildman–Crippen LogP) is 1.73. The Morgan fingerprint density at radius 2 is 2.07 bits per heavy atom. The molecule has 1 aliphatic rings. The topological polar surface area (TPSA) is 58.9 Å². The number of Topliss-reactive ketones (excluding diaryl/α,β-unsaturated/α-hetero) is 1. The number of aromatic amines is 1. The molecule has 0 radical (unpaired) electrons. The summed E-state index contributed by atoms with van der Waals surface area (Å²) in [5.74, 6) is 0.0758. The molecule has 0 saturated carbocycles. The van der Waals surface area contributed by atoms with Crippen LogP contribution in [0.1, 0.15) is 47.1 Å². The fraction of sp³-hybridized carbons (Fsp3) is 0.583. The molecule has 1 aromatic rings. The number of nitrogens with two attached hydrogens (primary N) is 1. The Morgan fingerprint density at radius 3 is 2.73 bits per heavy atom. The molecule has 1 aromatic heterocycles. The summed E-state index contributed by atoms with van der Waals surface area (Å²) in [6.07, 6.45) is 4.50. The second-order valence-electron chi connectivity index (χ2n) is 4.44. The number of carbonyl (C=O) groups excluding carboxylic acids is 1. The highest BCUT2D eigenvalue weighted by molar-refractivity contribution is 6.02. The standard InChI is InChI=1S/C12H18N2O/c1-7(13)12(15)11-8(2)14-10-6-4-3-5-9(10)11/h7,14H,3-6,13H2,1-2H3. The molecule has 0 aliphatic heterocycles. The highest BCUT2D eigenvalue weighted by atomic mass is 16.1. The van der Waals surface area contributed by atoms with Crippen molar-refractivity contribution < 1.29 is 4.79 Å². The van der Waals surface area contributed by atoms with Crippen molar-refractivity contribution in [3.8, 4) is 0 Å². The van der Waals surface area contributed by atoms with E-state index in [1.54, 1.807) is 6.92 Å². The Morgan fingerprint density at radius 1 is 1.40 bits per heavy atom. The Hall–Kier alpha value is -1.09. The van der Waals surface area contributed by atoms with Crippen LogP contribution in [0.2, 0.25) is 0 Å². The monoisotopic (exact) mass is 206 g/mol. The summed E-state index contributed by atoms with van der Waals surface area (Å²) in [5.41, 5.74) is 9.99. The maximum atomic E-state index is 12.0. The lowest BCUT2D eigenvalue weighted by Gasteiger charge is -2.13. The molecule has 0 amide bonds. The summed E-state index contributed by atoms with van der Waals surface area (Å²) >= 11 is 0. The number of fused-ring (bicyclic) bond motifs is 1. The van der Waals surface area contributed by atoms with Crippen LogP contribution in [0, 0.1) is 6.92 Å². The molecule has 0 spiro atoms. The first-order valence-corrected chi connectivity index (χ1v) is 5.61. The van der Waals surface area contributed by atoms with E-state index >= 15 is 0 Å². The van der Waals surface area contributed by atoms with Crippen molar-refractivity contribution in [1.82, 2.24) is 4.98 Å². The molecule has 15 heavy (non-hydrogen) atoms. The summed E-state index contributed by atoms with van der Waals surface area (Å²) < 4.78 is 0. The molecule has 0 bridgehead atoms. The van der Waals surface area contributed by atoms with Gasteiger partial charge in [0.2, 0.25) is 0 Å². The summed E-state index contributed by atoms with van der Waals surface area (Å²) in [5, 5.41) is 0. The molecule has 82 valence electrons. The number of ketones is 1. The molecule has 3 nitrogen and oxygen atoms in total. The van der Waals surface area contributed by atoms with Crippen LogP contribution >= 0.6 is 0 Å². The second-order valence-corrected chi connectivity index (χ2v) is 4.44. The Kier molecular flexibility index (Phi) is 2.65. The molecule has 1 unspecified atom stereocenters. The SMILES string of the molecule is Cc1[nH]c2c(c1C(=O)C(C)N)CCCC2. The van der Waals surface area contributed by atoms with Crippen molar-refractivity contribution >= 4 is 5.78 Å². The smallest absolute Gasteiger partial charge is 0.181 e. The molecule has 1 aliphatic carbocycles. The normalized spacial score (nSPS) is 17.3. The molecule has 0 aromatic carbocycles. The fourth-order valence-corrected chi connectivity index (χ4v) is 2.40. The number of aryl methyl sites for hydroxylation is 2. The van der Waals surface area contributed by atoms with Gasteiger partial charge in [-0.05, 0) is 45.1 Å². The molecule has 3 heteroatoms. The van der Waals surface area contributed by atoms with E-state index in [2.05, 4.69) is 4.98 Å². The minimum absolute atomic E-state index is 0.0758. The van der Waals surface area contributed by atoms with Crippen LogP contribution in [0.15, 0.2) is 0 Å². The summed E-state index contributed by atoms with van der Waals surface area (Å²) in [4.78, 5) is 15.3. The van der Waals surface area contributed by atoms with Crippen molar-refractivity contribution in [1.29, 1.82) is 0 Å². The van der Waals surface area contributed by atoms with Gasteiger partial charge in [0.25, 0.3) is 0 Å². The first kappa shape index (κ1) is 10.4. The Labute approximate surface area is 90.1 Å². The molecule has 3 N–H and O–H groups in total. The third-order valence-corrected chi connectivity index (χ3v) is 3.14. The zero-order chi connectivity index (χ0) is 11.0. The number of carbonyl (C=O) groups is 1. The average Bonchev–Trinajstić information content (AvgIpc) is 2.52. The van der Waals surface area contributed by atoms with Crippen molar-refractivity contribution in [3.63, 3.8) is 0 Å². The van der Waals surface area contributed by atoms with Crippen LogP contribution in [0.3, 0.4) is 0 Å². The van der Waals surface area contributed by atoms with Gasteiger partial charge in [0.1, 0.15) is 0 Å². The van der Waals surface area contributed by atoms with Crippen molar-refractivity contribution in [2.45, 2.75) is 45.6 Å². The van der Waals surface area contributed by atoms with Crippen molar-refractivity contribution in [2.24, 2.45) is 5.73 Å². The van der Waals surface area contributed by atoms with Crippen LogP contribution in [0.5, 0.6) is 0 Å². The van der Waals surface area contributed by atoms with Gasteiger partial charge in [0.15, 0.2) is 5.78 Å². The van der Waals surface area contributed by atoms with Crippen LogP contribution in [0.4, 0.5) is 0 Å². The number of rotatable bonds is 2. The van der Waals surface area contributed by atoms with E-state index in [1.807, 2.05) is 6.92 Å². The maximum Gasteiger partial charge on any atom is 0.181 e. The zero-order valence-corrected chi connectivity index (χ0v) is 9.39. The average molecular weight is 206 g/mol. The van der Waals surface area contributed by atoms with Gasteiger partial charge in [-0.1, -0.05) is 0 Å². The van der Waals surface area contributed by atoms with E-state index in [1.165, 1.54) is 24.1 Å². The minimum Gasteiger partial charge on any atom is -0.362 e. The van der Waals surface area contributed by atoms with Gasteiger partial charge in [0, 0.05) is 17.0 Å². The lowest BCUT2D eigenvalue weighted by molar-refractivity contribution is 0.0966. The summed E-state index contributed by atoms with van der Waals surface area (Å²) in [6.45, 7) is 3.72. The largest absolute Gasteiger partial charge is 0.362 e. The third kappa shape index (κ3) is 1.72. The second kappa shape index (κ2) is 3.81. The summed E-state index contributed by atoms with van der Waals surface area (Å²) in [6, 6.07) is -0.398. The van der Waals surface area contributed by atoms with E-state index in [0.29, 0.717) is 0 Å². The number of aromatic nitrogens is 1. The number of hydrogen-bond donors (Lipinski definition) is 2. The zero-order valence-electron chi connectivity index (χ0n) is 9.39. The van der Waals surface area contributed by atoms with Gasteiger partial charge < -0.3 is 10.7 Å². The van der Waals surface area contributed by atoms with Gasteiger partial charge in [0.05, 0.1) is 6.04 Å². The number of nitrogens with one attached hydrogen (secondary N) is 1. The molecular formula is C12H18N2O. The lowest BCUT2D eigenvalue weighted by Crippen LogP contribution is -2.28. The highest BCUT2D eigenvalue weighted by Crippen LogP contribution is 2.27. The van der Waals surface area contributed by atoms with Gasteiger partial charge in [-0.3, -0.25) is 4.79 Å². The minimum atomic E-state index is -0.398. The van der Waals surface area contributed by atoms with Crippen LogP contribution < -0.4 is 5.73 Å². The van der Waals surface area contributed by atoms with Crippen molar-refractivity contribution in [3.05, 3.63) is 22.5 Å². The first-order chi connectivity index (χ1) is 7.11. The maximum absolute atomic E-state index is 12.0. The predicted molar refractivity (Wildman–Crippen MR) is 60.2 cm³/mol. The highest BCUT2D eigenvalue weighted by Gasteiger charge is 2.24. The van der Waals surface area contributed by atoms with Crippen LogP contribution in [-0.4, -0.2) is 16.8 Å². The molecular weight excluding hydrogens is 188 g/mol. The van der Waals surface area contributed by atoms with Gasteiger partial charge in [-0.25, -0.2) is 0 Å². The third-order valence-electron chi connectivity index (χ3n) is 3.14. The Balaban J connectivity index is 2.46. The fourth-order valence-electron chi connectivity index (χ4n) is 2.40. The Bertz CT molecular complexity index is 391. The summed E-state index contributed by atoms with van der Waals surface area (Å²) in [7, 11) is 0. The molecule has 0 saturated heterocycles. The van der Waals surface area contributed by atoms with Gasteiger partial charge >= 0.3 is 0 Å². The number of hydrogen-bond acceptors (Lipinski definition) is 2. The van der Waals surface area contributed by atoms with E-state index in [-0.39, 0.29) is 5.78 Å². The van der Waals surface area contributed by atoms with Crippen molar-refractivity contribution in [2.75, 3.05) is 0 Å². The lowest BCUT2D eigenvalue weighted by atomic mass is 9.91. The first-order valence-electron chi connectivity index (χ1n) is 5.61. The molecule has 1 atom stereocenters.